The van der Waals surface area contributed by atoms with E-state index in [1.54, 1.807) is 0 Å². The highest BCUT2D eigenvalue weighted by Crippen LogP contribution is 2.21. The summed E-state index contributed by atoms with van der Waals surface area (Å²) < 4.78 is 18.0. The van der Waals surface area contributed by atoms with Crippen LogP contribution in [0.15, 0.2) is 0 Å². The molecule has 0 aromatic carbocycles. The van der Waals surface area contributed by atoms with Crippen molar-refractivity contribution in [3.05, 3.63) is 0 Å². The second-order valence-electron chi connectivity index (χ2n) is 4.91. The second-order valence-corrected chi connectivity index (χ2v) is 4.91. The van der Waals surface area contributed by atoms with Crippen LogP contribution in [0, 0.1) is 0 Å². The minimum absolute atomic E-state index is 0.299. The lowest BCUT2D eigenvalue weighted by molar-refractivity contribution is -0.0136. The Balaban J connectivity index is 0.000000641. The summed E-state index contributed by atoms with van der Waals surface area (Å²) in [4.78, 5) is 4.22. The molecule has 0 radical (unpaired) electrons. The van der Waals surface area contributed by atoms with E-state index in [2.05, 4.69) is 4.90 Å². The fourth-order valence-electron chi connectivity index (χ4n) is 2.02. The monoisotopic (exact) mass is 291 g/mol. The smallest absolute Gasteiger partial charge is 0.143 e. The standard InChI is InChI=1S/C11H21FN2O.C2H7N.C2H6/c12-10-14-6-4-13(5-7-14)8-9-15-11-2-1-3-11;1-2-3;1-2/h11H,1-10H2;2-3H2,1H3;1-2H3. The molecule has 2 rings (SSSR count). The maximum atomic E-state index is 12.3. The first-order valence-electron chi connectivity index (χ1n) is 8.12. The highest BCUT2D eigenvalue weighted by Gasteiger charge is 2.19. The number of hydrogen-bond donors (Lipinski definition) is 1. The molecule has 2 fully saturated rings. The van der Waals surface area contributed by atoms with E-state index in [0.717, 1.165) is 45.9 Å². The van der Waals surface area contributed by atoms with Gasteiger partial charge in [0.15, 0.2) is 0 Å². The molecule has 0 unspecified atom stereocenters. The lowest BCUT2D eigenvalue weighted by Gasteiger charge is -2.33. The fraction of sp³-hybridized carbons (Fsp3) is 1.00. The molecule has 5 heteroatoms. The van der Waals surface area contributed by atoms with Gasteiger partial charge in [0.1, 0.15) is 6.80 Å². The van der Waals surface area contributed by atoms with Crippen LogP contribution >= 0.6 is 0 Å². The Kier molecular flexibility index (Phi) is 13.6. The molecule has 0 spiro atoms. The average molecular weight is 291 g/mol. The van der Waals surface area contributed by atoms with E-state index in [4.69, 9.17) is 10.5 Å². The molecule has 2 N–H and O–H groups in total. The van der Waals surface area contributed by atoms with Gasteiger partial charge in [-0.1, -0.05) is 20.8 Å². The molecule has 0 aromatic heterocycles. The molecule has 1 aliphatic heterocycles. The van der Waals surface area contributed by atoms with Gasteiger partial charge in [0.2, 0.25) is 0 Å². The molecule has 122 valence electrons. The number of piperazine rings is 1. The summed E-state index contributed by atoms with van der Waals surface area (Å²) in [5.74, 6) is 0. The van der Waals surface area contributed by atoms with E-state index in [9.17, 15) is 4.39 Å². The van der Waals surface area contributed by atoms with Gasteiger partial charge in [0.05, 0.1) is 12.7 Å². The van der Waals surface area contributed by atoms with Crippen LogP contribution in [0.25, 0.3) is 0 Å². The van der Waals surface area contributed by atoms with Gasteiger partial charge >= 0.3 is 0 Å². The molecule has 4 nitrogen and oxygen atoms in total. The third-order valence-electron chi connectivity index (χ3n) is 3.45. The van der Waals surface area contributed by atoms with E-state index in [1.807, 2.05) is 25.7 Å². The van der Waals surface area contributed by atoms with E-state index in [-0.39, 0.29) is 6.80 Å². The van der Waals surface area contributed by atoms with Gasteiger partial charge in [-0.25, -0.2) is 4.39 Å². The number of rotatable bonds is 5. The fourth-order valence-corrected chi connectivity index (χ4v) is 2.02. The minimum Gasteiger partial charge on any atom is -0.377 e. The number of ether oxygens (including phenoxy) is 1. The van der Waals surface area contributed by atoms with Gasteiger partial charge in [-0.15, -0.1) is 0 Å². The lowest BCUT2D eigenvalue weighted by Crippen LogP contribution is -2.47. The zero-order valence-corrected chi connectivity index (χ0v) is 13.6. The van der Waals surface area contributed by atoms with Crippen LogP contribution in [-0.4, -0.2) is 68.6 Å². The van der Waals surface area contributed by atoms with Crippen molar-refractivity contribution in [2.24, 2.45) is 5.73 Å². The topological polar surface area (TPSA) is 41.7 Å². The molecule has 0 aromatic rings. The minimum atomic E-state index is -0.299. The molecule has 20 heavy (non-hydrogen) atoms. The Labute approximate surface area is 124 Å². The highest BCUT2D eigenvalue weighted by atomic mass is 19.1. The van der Waals surface area contributed by atoms with Crippen molar-refractivity contribution in [2.75, 3.05) is 52.7 Å². The molecule has 2 aliphatic rings. The Hall–Kier alpha value is -0.230. The molecule has 1 saturated carbocycles. The van der Waals surface area contributed by atoms with E-state index >= 15 is 0 Å². The van der Waals surface area contributed by atoms with Crippen molar-refractivity contribution in [1.82, 2.24) is 9.80 Å². The molecular formula is C15H34FN3O. The van der Waals surface area contributed by atoms with Crippen molar-refractivity contribution >= 4 is 0 Å². The predicted molar refractivity (Wildman–Crippen MR) is 83.7 cm³/mol. The molecule has 1 aliphatic carbocycles. The maximum Gasteiger partial charge on any atom is 0.143 e. The van der Waals surface area contributed by atoms with E-state index in [0.29, 0.717) is 6.10 Å². The highest BCUT2D eigenvalue weighted by molar-refractivity contribution is 4.72. The van der Waals surface area contributed by atoms with Gasteiger partial charge in [0.25, 0.3) is 0 Å². The Morgan fingerprint density at radius 1 is 1.10 bits per heavy atom. The summed E-state index contributed by atoms with van der Waals surface area (Å²) in [5.41, 5.74) is 4.85. The van der Waals surface area contributed by atoms with Crippen LogP contribution in [0.1, 0.15) is 40.0 Å². The van der Waals surface area contributed by atoms with Crippen molar-refractivity contribution in [3.63, 3.8) is 0 Å². The largest absolute Gasteiger partial charge is 0.377 e. The second kappa shape index (κ2) is 13.7. The summed E-state index contributed by atoms with van der Waals surface area (Å²) >= 11 is 0. The van der Waals surface area contributed by atoms with Gasteiger partial charge in [-0.05, 0) is 25.8 Å². The summed E-state index contributed by atoms with van der Waals surface area (Å²) in [6.45, 7) is 11.9. The maximum absolute atomic E-state index is 12.3. The summed E-state index contributed by atoms with van der Waals surface area (Å²) in [7, 11) is 0. The number of alkyl halides is 1. The van der Waals surface area contributed by atoms with Crippen LogP contribution in [0.5, 0.6) is 0 Å². The van der Waals surface area contributed by atoms with Gasteiger partial charge in [-0.2, -0.15) is 0 Å². The summed E-state index contributed by atoms with van der Waals surface area (Å²) in [6, 6.07) is 0. The quantitative estimate of drug-likeness (QED) is 0.788. The van der Waals surface area contributed by atoms with Crippen molar-refractivity contribution < 1.29 is 9.13 Å². The Bertz CT molecular complexity index is 196. The zero-order valence-electron chi connectivity index (χ0n) is 13.6. The van der Waals surface area contributed by atoms with Crippen LogP contribution in [-0.2, 0) is 4.74 Å². The number of halogens is 1. The van der Waals surface area contributed by atoms with Crippen LogP contribution in [0.4, 0.5) is 4.39 Å². The lowest BCUT2D eigenvalue weighted by atomic mass is 9.96. The van der Waals surface area contributed by atoms with Crippen LogP contribution in [0.2, 0.25) is 0 Å². The van der Waals surface area contributed by atoms with Gasteiger partial charge in [-0.3, -0.25) is 9.80 Å². The first kappa shape index (κ1) is 19.8. The third kappa shape index (κ3) is 8.84. The summed E-state index contributed by atoms with van der Waals surface area (Å²) in [6.07, 6.45) is 4.36. The normalized spacial score (nSPS) is 20.2. The van der Waals surface area contributed by atoms with E-state index < -0.39 is 0 Å². The molecular weight excluding hydrogens is 257 g/mol. The van der Waals surface area contributed by atoms with Crippen LogP contribution < -0.4 is 5.73 Å². The SMILES string of the molecule is CC.CCN.FCN1CCN(CCOC2CCC2)CC1. The van der Waals surface area contributed by atoms with Gasteiger partial charge < -0.3 is 10.5 Å². The summed E-state index contributed by atoms with van der Waals surface area (Å²) in [5, 5.41) is 0. The molecule has 1 heterocycles. The Morgan fingerprint density at radius 3 is 2.00 bits per heavy atom. The van der Waals surface area contributed by atoms with Crippen molar-refractivity contribution in [3.8, 4) is 0 Å². The van der Waals surface area contributed by atoms with Crippen molar-refractivity contribution in [2.45, 2.75) is 46.1 Å². The number of nitrogens with zero attached hydrogens (tertiary/aromatic N) is 2. The molecule has 0 atom stereocenters. The Morgan fingerprint density at radius 2 is 1.60 bits per heavy atom. The molecule has 1 saturated heterocycles. The van der Waals surface area contributed by atoms with E-state index in [1.165, 1.54) is 19.3 Å². The molecule has 0 amide bonds. The first-order chi connectivity index (χ1) is 9.80. The average Bonchev–Trinajstić information content (AvgIpc) is 2.45. The number of nitrogens with two attached hydrogens (primary N) is 1. The molecule has 0 bridgehead atoms. The first-order valence-corrected chi connectivity index (χ1v) is 8.12. The third-order valence-corrected chi connectivity index (χ3v) is 3.45. The van der Waals surface area contributed by atoms with Crippen LogP contribution in [0.3, 0.4) is 0 Å². The van der Waals surface area contributed by atoms with Crippen molar-refractivity contribution in [1.29, 1.82) is 0 Å². The zero-order chi connectivity index (χ0) is 15.2. The predicted octanol–water partition coefficient (Wildman–Crippen LogP) is 2.09. The van der Waals surface area contributed by atoms with Gasteiger partial charge in [0, 0.05) is 32.7 Å². The number of hydrogen-bond acceptors (Lipinski definition) is 4.